The molecule has 1 atom stereocenters. The lowest BCUT2D eigenvalue weighted by Gasteiger charge is -2.16. The van der Waals surface area contributed by atoms with Crippen LogP contribution in [0.5, 0.6) is 11.5 Å². The standard InChI is InChI=1S/C24H28FN5O5.H2S/c1-5-20(31)15-6-16(22(25)21(7-15)32-4)13-33-18-9-26-23(27-10-18)29-17-8-28-30(11-17)12-19-14-34-24(2,3)35-19;/h6-11,19H,5,12-14H2,1-4H3,(H,26,27,29);1H2/t19-;/m0./s1. The Balaban J connectivity index is 0.00000361. The molecule has 3 heterocycles. The normalized spacial score (nSPS) is 16.3. The Morgan fingerprint density at radius 3 is 2.67 bits per heavy atom. The number of aromatic nitrogens is 4. The lowest BCUT2D eigenvalue weighted by atomic mass is 10.0. The summed E-state index contributed by atoms with van der Waals surface area (Å²) in [6, 6.07) is 2.87. The number of nitrogens with zero attached hydrogens (tertiary/aromatic N) is 4. The number of Topliss-reactive ketones (excluding diaryl/α,β-unsaturated/α-hetero) is 1. The molecule has 12 heteroatoms. The Bertz CT molecular complexity index is 1190. The number of anilines is 2. The molecular weight excluding hydrogens is 489 g/mol. The van der Waals surface area contributed by atoms with E-state index in [4.69, 9.17) is 18.9 Å². The zero-order valence-electron chi connectivity index (χ0n) is 20.6. The highest BCUT2D eigenvalue weighted by atomic mass is 32.1. The van der Waals surface area contributed by atoms with Gasteiger partial charge in [0.2, 0.25) is 5.95 Å². The minimum Gasteiger partial charge on any atom is -0.494 e. The first-order valence-electron chi connectivity index (χ1n) is 11.2. The highest BCUT2D eigenvalue weighted by Gasteiger charge is 2.32. The second-order valence-corrected chi connectivity index (χ2v) is 8.49. The molecule has 0 radical (unpaired) electrons. The molecule has 1 aromatic carbocycles. The second-order valence-electron chi connectivity index (χ2n) is 8.49. The number of hydrogen-bond donors (Lipinski definition) is 1. The zero-order chi connectivity index (χ0) is 25.0. The van der Waals surface area contributed by atoms with E-state index in [0.717, 1.165) is 0 Å². The first kappa shape index (κ1) is 27.4. The third-order valence-corrected chi connectivity index (χ3v) is 5.35. The molecule has 1 aliphatic rings. The van der Waals surface area contributed by atoms with Crippen LogP contribution in [-0.4, -0.2) is 51.1 Å². The monoisotopic (exact) mass is 519 g/mol. The Hall–Kier alpha value is -3.22. The van der Waals surface area contributed by atoms with Gasteiger partial charge in [-0.25, -0.2) is 14.4 Å². The summed E-state index contributed by atoms with van der Waals surface area (Å²) in [5, 5.41) is 7.39. The van der Waals surface area contributed by atoms with Gasteiger partial charge in [-0.15, -0.1) is 0 Å². The number of nitrogens with one attached hydrogen (secondary N) is 1. The fraction of sp³-hybridized carbons (Fsp3) is 0.417. The van der Waals surface area contributed by atoms with Crippen molar-refractivity contribution in [1.29, 1.82) is 0 Å². The highest BCUT2D eigenvalue weighted by molar-refractivity contribution is 7.59. The Labute approximate surface area is 215 Å². The Morgan fingerprint density at radius 1 is 1.28 bits per heavy atom. The van der Waals surface area contributed by atoms with Crippen molar-refractivity contribution < 1.29 is 28.1 Å². The van der Waals surface area contributed by atoms with E-state index in [-0.39, 0.29) is 43.3 Å². The smallest absolute Gasteiger partial charge is 0.227 e. The van der Waals surface area contributed by atoms with Crippen LogP contribution in [0.4, 0.5) is 16.0 Å². The van der Waals surface area contributed by atoms with E-state index in [1.54, 1.807) is 17.8 Å². The van der Waals surface area contributed by atoms with E-state index < -0.39 is 11.6 Å². The molecule has 1 fully saturated rings. The van der Waals surface area contributed by atoms with Gasteiger partial charge in [-0.05, 0) is 26.0 Å². The van der Waals surface area contributed by atoms with Crippen molar-refractivity contribution >= 4 is 30.9 Å². The number of halogens is 1. The molecule has 3 aromatic rings. The molecule has 0 spiro atoms. The average Bonchev–Trinajstić information content (AvgIpc) is 3.43. The summed E-state index contributed by atoms with van der Waals surface area (Å²) in [6.07, 6.45) is 6.66. The van der Waals surface area contributed by atoms with Crippen molar-refractivity contribution in [1.82, 2.24) is 19.7 Å². The molecule has 194 valence electrons. The van der Waals surface area contributed by atoms with Crippen LogP contribution >= 0.6 is 13.5 Å². The fourth-order valence-electron chi connectivity index (χ4n) is 3.61. The molecule has 0 amide bonds. The lowest BCUT2D eigenvalue weighted by Crippen LogP contribution is -2.24. The summed E-state index contributed by atoms with van der Waals surface area (Å²) < 4.78 is 38.4. The summed E-state index contributed by atoms with van der Waals surface area (Å²) in [7, 11) is 1.35. The van der Waals surface area contributed by atoms with Gasteiger partial charge in [0, 0.05) is 23.7 Å². The van der Waals surface area contributed by atoms with E-state index >= 15 is 0 Å². The molecule has 0 unspecified atom stereocenters. The number of rotatable bonds is 10. The van der Waals surface area contributed by atoms with Crippen LogP contribution in [0.15, 0.2) is 36.9 Å². The zero-order valence-corrected chi connectivity index (χ0v) is 21.6. The van der Waals surface area contributed by atoms with Gasteiger partial charge in [0.25, 0.3) is 0 Å². The Kier molecular flexibility index (Phi) is 8.88. The van der Waals surface area contributed by atoms with Crippen molar-refractivity contribution in [2.45, 2.75) is 52.2 Å². The predicted molar refractivity (Wildman–Crippen MR) is 135 cm³/mol. The average molecular weight is 520 g/mol. The van der Waals surface area contributed by atoms with Gasteiger partial charge < -0.3 is 24.3 Å². The second kappa shape index (κ2) is 11.7. The molecule has 4 rings (SSSR count). The molecule has 2 aromatic heterocycles. The van der Waals surface area contributed by atoms with E-state index in [0.29, 0.717) is 42.5 Å². The number of carbonyl (C=O) groups is 1. The summed E-state index contributed by atoms with van der Waals surface area (Å²) in [6.45, 7) is 6.46. The topological polar surface area (TPSA) is 110 Å². The minimum atomic E-state index is -0.579. The van der Waals surface area contributed by atoms with Crippen LogP contribution in [0.3, 0.4) is 0 Å². The maximum absolute atomic E-state index is 14.6. The summed E-state index contributed by atoms with van der Waals surface area (Å²) in [4.78, 5) is 20.5. The lowest BCUT2D eigenvalue weighted by molar-refractivity contribution is -0.139. The predicted octanol–water partition coefficient (Wildman–Crippen LogP) is 4.00. The Morgan fingerprint density at radius 2 is 2.03 bits per heavy atom. The van der Waals surface area contributed by atoms with Crippen molar-refractivity contribution in [2.75, 3.05) is 19.0 Å². The quantitative estimate of drug-likeness (QED) is 0.398. The van der Waals surface area contributed by atoms with E-state index in [1.165, 1.54) is 31.6 Å². The van der Waals surface area contributed by atoms with Gasteiger partial charge in [0.05, 0.1) is 44.5 Å². The van der Waals surface area contributed by atoms with Crippen molar-refractivity contribution in [3.63, 3.8) is 0 Å². The largest absolute Gasteiger partial charge is 0.494 e. The van der Waals surface area contributed by atoms with Crippen LogP contribution in [0.2, 0.25) is 0 Å². The number of methoxy groups -OCH3 is 1. The summed E-state index contributed by atoms with van der Waals surface area (Å²) in [5.74, 6) is -0.576. The molecular formula is C24H30FN5O5S. The van der Waals surface area contributed by atoms with Crippen LogP contribution in [-0.2, 0) is 22.6 Å². The van der Waals surface area contributed by atoms with Gasteiger partial charge in [0.15, 0.2) is 28.9 Å². The summed E-state index contributed by atoms with van der Waals surface area (Å²) in [5.41, 5.74) is 1.29. The fourth-order valence-corrected chi connectivity index (χ4v) is 3.61. The number of ether oxygens (including phenoxy) is 4. The van der Waals surface area contributed by atoms with Gasteiger partial charge >= 0.3 is 0 Å². The molecule has 1 N–H and O–H groups in total. The molecule has 36 heavy (non-hydrogen) atoms. The minimum absolute atomic E-state index is 0. The third kappa shape index (κ3) is 6.71. The number of carbonyl (C=O) groups excluding carboxylic acids is 1. The van der Waals surface area contributed by atoms with E-state index in [1.807, 2.05) is 20.0 Å². The van der Waals surface area contributed by atoms with E-state index in [9.17, 15) is 9.18 Å². The number of hydrogen-bond acceptors (Lipinski definition) is 9. The van der Waals surface area contributed by atoms with Gasteiger partial charge in [-0.1, -0.05) is 6.92 Å². The number of benzene rings is 1. The van der Waals surface area contributed by atoms with Gasteiger partial charge in [0.1, 0.15) is 12.7 Å². The molecule has 0 bridgehead atoms. The van der Waals surface area contributed by atoms with Crippen LogP contribution in [0.25, 0.3) is 0 Å². The van der Waals surface area contributed by atoms with Crippen molar-refractivity contribution in [3.8, 4) is 11.5 Å². The first-order chi connectivity index (χ1) is 16.8. The number of ketones is 1. The maximum Gasteiger partial charge on any atom is 0.227 e. The van der Waals surface area contributed by atoms with Gasteiger partial charge in [-0.2, -0.15) is 18.6 Å². The highest BCUT2D eigenvalue weighted by Crippen LogP contribution is 2.26. The van der Waals surface area contributed by atoms with Crippen LogP contribution in [0.1, 0.15) is 43.1 Å². The van der Waals surface area contributed by atoms with Gasteiger partial charge in [-0.3, -0.25) is 9.48 Å². The molecule has 1 saturated heterocycles. The molecule has 1 aliphatic heterocycles. The third-order valence-electron chi connectivity index (χ3n) is 5.35. The maximum atomic E-state index is 14.6. The van der Waals surface area contributed by atoms with Crippen LogP contribution in [0, 0.1) is 5.82 Å². The molecule has 0 aliphatic carbocycles. The molecule has 10 nitrogen and oxygen atoms in total. The van der Waals surface area contributed by atoms with E-state index in [2.05, 4.69) is 20.4 Å². The first-order valence-corrected chi connectivity index (χ1v) is 11.2. The van der Waals surface area contributed by atoms with Crippen molar-refractivity contribution in [2.24, 2.45) is 0 Å². The van der Waals surface area contributed by atoms with Crippen LogP contribution < -0.4 is 14.8 Å². The SMILES string of the molecule is CCC(=O)c1cc(COc2cnc(Nc3cnn(C[C@H]4COC(C)(C)O4)c3)nc2)c(F)c(OC)c1.S. The van der Waals surface area contributed by atoms with Crippen molar-refractivity contribution in [3.05, 3.63) is 53.9 Å². The summed E-state index contributed by atoms with van der Waals surface area (Å²) >= 11 is 0. The molecule has 0 saturated carbocycles.